The highest BCUT2D eigenvalue weighted by atomic mass is 35.5. The number of nitrogens with one attached hydrogen (secondary N) is 1. The van der Waals surface area contributed by atoms with Gasteiger partial charge >= 0.3 is 0 Å². The van der Waals surface area contributed by atoms with Crippen LogP contribution in [-0.4, -0.2) is 67.3 Å². The monoisotopic (exact) mass is 547 g/mol. The Kier molecular flexibility index (Phi) is 11.2. The molecule has 1 saturated heterocycles. The van der Waals surface area contributed by atoms with Gasteiger partial charge in [0.25, 0.3) is 0 Å². The number of carbonyl (C=O) groups is 3. The Morgan fingerprint density at radius 2 is 2.00 bits per heavy atom. The average Bonchev–Trinajstić information content (AvgIpc) is 3.27. The number of hydrogen-bond acceptors (Lipinski definition) is 7. The van der Waals surface area contributed by atoms with Gasteiger partial charge in [-0.3, -0.25) is 14.4 Å². The topological polar surface area (TPSA) is 88.6 Å². The third-order valence-electron chi connectivity index (χ3n) is 6.80. The van der Waals surface area contributed by atoms with E-state index < -0.39 is 5.92 Å². The smallest absolute Gasteiger partial charge is 0.224 e. The fourth-order valence-electron chi connectivity index (χ4n) is 4.70. The number of aromatic nitrogens is 1. The van der Waals surface area contributed by atoms with E-state index in [2.05, 4.69) is 16.9 Å². The lowest BCUT2D eigenvalue weighted by Gasteiger charge is -2.32. The molecule has 2 aromatic rings. The summed E-state index contributed by atoms with van der Waals surface area (Å²) in [5, 5.41) is 4.68. The van der Waals surface area contributed by atoms with Gasteiger partial charge in [-0.15, -0.1) is 11.3 Å². The second-order valence-electron chi connectivity index (χ2n) is 10.1. The van der Waals surface area contributed by atoms with Crippen molar-refractivity contribution >= 4 is 50.6 Å². The molecule has 2 heterocycles. The van der Waals surface area contributed by atoms with Crippen LogP contribution in [0, 0.1) is 11.8 Å². The largest absolute Gasteiger partial charge is 0.381 e. The number of Topliss-reactive ketones (excluding diaryl/α,β-unsaturated/α-hetero) is 2. The number of halogens is 1. The van der Waals surface area contributed by atoms with Crippen molar-refractivity contribution in [2.75, 3.05) is 33.9 Å². The Morgan fingerprint density at radius 3 is 2.68 bits per heavy atom. The molecule has 2 atom stereocenters. The number of ether oxygens (including phenoxy) is 1. The van der Waals surface area contributed by atoms with Crippen molar-refractivity contribution in [2.45, 2.75) is 57.9 Å². The molecule has 1 fully saturated rings. The molecule has 7 nitrogen and oxygen atoms in total. The van der Waals surface area contributed by atoms with E-state index in [9.17, 15) is 14.4 Å². The molecule has 0 spiro atoms. The lowest BCUT2D eigenvalue weighted by Crippen LogP contribution is -2.45. The molecule has 0 aliphatic carbocycles. The van der Waals surface area contributed by atoms with Crippen molar-refractivity contribution in [3.05, 3.63) is 40.4 Å². The number of nitrogens with zero attached hydrogens (tertiary/aromatic N) is 2. The Balaban J connectivity index is 1.74. The third-order valence-corrected chi connectivity index (χ3v) is 8.08. The molecule has 0 radical (unpaired) electrons. The van der Waals surface area contributed by atoms with Crippen molar-refractivity contribution in [3.8, 4) is 0 Å². The summed E-state index contributed by atoms with van der Waals surface area (Å²) < 4.78 is 6.49. The van der Waals surface area contributed by atoms with E-state index in [1.807, 2.05) is 38.1 Å². The summed E-state index contributed by atoms with van der Waals surface area (Å²) in [6, 6.07) is 5.37. The van der Waals surface area contributed by atoms with Crippen LogP contribution < -0.4 is 5.32 Å². The molecule has 0 bridgehead atoms. The molecule has 0 saturated carbocycles. The Hall–Kier alpha value is -2.13. The van der Waals surface area contributed by atoms with Crippen LogP contribution in [0.1, 0.15) is 50.5 Å². The van der Waals surface area contributed by atoms with E-state index in [0.717, 1.165) is 28.1 Å². The van der Waals surface area contributed by atoms with Gasteiger partial charge in [-0.25, -0.2) is 4.98 Å². The standard InChI is InChI=1S/C28H38ClN3O4S/c1-5-22(33)14-20(15-27-30-24-7-6-21(29)16-26(24)37-27)28(35)31-23(19-10-12-36-13-11-19)8-9-25(34)18(2)17-32(3)4/h6-7,16,19-20,23H,2,5,8-15,17H2,1,3-4H3,(H,31,35)/t20-,23+/m0/s1. The molecule has 3 rings (SSSR count). The fourth-order valence-corrected chi connectivity index (χ4v) is 6.02. The molecule has 37 heavy (non-hydrogen) atoms. The number of fused-ring (bicyclic) bond motifs is 1. The lowest BCUT2D eigenvalue weighted by atomic mass is 9.87. The second kappa shape index (κ2) is 14.1. The molecule has 1 amide bonds. The first-order valence-electron chi connectivity index (χ1n) is 13.0. The maximum atomic E-state index is 13.6. The van der Waals surface area contributed by atoms with Gasteiger partial charge in [0.1, 0.15) is 5.78 Å². The van der Waals surface area contributed by atoms with Gasteiger partial charge in [-0.05, 0) is 57.5 Å². The summed E-state index contributed by atoms with van der Waals surface area (Å²) in [4.78, 5) is 45.3. The minimum absolute atomic E-state index is 0.0193. The zero-order valence-electron chi connectivity index (χ0n) is 22.1. The minimum atomic E-state index is -0.523. The zero-order valence-corrected chi connectivity index (χ0v) is 23.6. The van der Waals surface area contributed by atoms with Gasteiger partial charge in [0.15, 0.2) is 5.78 Å². The first kappa shape index (κ1) is 29.4. The number of rotatable bonds is 14. The Bertz CT molecular complexity index is 1110. The van der Waals surface area contributed by atoms with E-state index in [4.69, 9.17) is 16.3 Å². The molecular weight excluding hydrogens is 510 g/mol. The van der Waals surface area contributed by atoms with E-state index >= 15 is 0 Å². The minimum Gasteiger partial charge on any atom is -0.381 e. The summed E-state index contributed by atoms with van der Waals surface area (Å²) in [5.74, 6) is -0.395. The highest BCUT2D eigenvalue weighted by Crippen LogP contribution is 2.28. The molecule has 1 aromatic heterocycles. The third kappa shape index (κ3) is 8.99. The van der Waals surface area contributed by atoms with Crippen molar-refractivity contribution in [1.82, 2.24) is 15.2 Å². The predicted molar refractivity (Wildman–Crippen MR) is 149 cm³/mol. The normalized spacial score (nSPS) is 16.0. The lowest BCUT2D eigenvalue weighted by molar-refractivity contribution is -0.130. The molecular formula is C28H38ClN3O4S. The maximum absolute atomic E-state index is 13.6. The zero-order chi connectivity index (χ0) is 26.9. The summed E-state index contributed by atoms with van der Waals surface area (Å²) in [5.41, 5.74) is 1.41. The van der Waals surface area contributed by atoms with E-state index in [0.29, 0.717) is 56.0 Å². The van der Waals surface area contributed by atoms with Crippen LogP contribution in [0.3, 0.4) is 0 Å². The van der Waals surface area contributed by atoms with E-state index in [-0.39, 0.29) is 35.9 Å². The SMILES string of the molecule is C=C(CN(C)C)C(=O)CC[C@@H](NC(=O)[C@@H](CC(=O)CC)Cc1nc2ccc(Cl)cc2s1)C1CCOCC1. The van der Waals surface area contributed by atoms with Gasteiger partial charge in [0.2, 0.25) is 5.91 Å². The Morgan fingerprint density at radius 1 is 1.27 bits per heavy atom. The number of ketones is 2. The van der Waals surface area contributed by atoms with Crippen LogP contribution in [0.25, 0.3) is 10.2 Å². The number of thiazole rings is 1. The molecule has 9 heteroatoms. The van der Waals surface area contributed by atoms with Gasteiger partial charge < -0.3 is 15.0 Å². The molecule has 1 N–H and O–H groups in total. The average molecular weight is 548 g/mol. The predicted octanol–water partition coefficient (Wildman–Crippen LogP) is 4.86. The van der Waals surface area contributed by atoms with Gasteiger partial charge in [0, 0.05) is 62.1 Å². The molecule has 1 aromatic carbocycles. The van der Waals surface area contributed by atoms with Crippen molar-refractivity contribution in [2.24, 2.45) is 11.8 Å². The van der Waals surface area contributed by atoms with E-state index in [1.54, 1.807) is 6.07 Å². The van der Waals surface area contributed by atoms with Crippen molar-refractivity contribution in [1.29, 1.82) is 0 Å². The van der Waals surface area contributed by atoms with Crippen LogP contribution >= 0.6 is 22.9 Å². The molecule has 1 aliphatic heterocycles. The Labute approximate surface area is 228 Å². The first-order valence-corrected chi connectivity index (χ1v) is 14.2. The van der Waals surface area contributed by atoms with Crippen LogP contribution in [-0.2, 0) is 25.5 Å². The highest BCUT2D eigenvalue weighted by molar-refractivity contribution is 7.18. The highest BCUT2D eigenvalue weighted by Gasteiger charge is 2.30. The van der Waals surface area contributed by atoms with Crippen molar-refractivity contribution < 1.29 is 19.1 Å². The number of hydrogen-bond donors (Lipinski definition) is 1. The van der Waals surface area contributed by atoms with Crippen LogP contribution in [0.2, 0.25) is 5.02 Å². The van der Waals surface area contributed by atoms with Crippen LogP contribution in [0.4, 0.5) is 0 Å². The fraction of sp³-hybridized carbons (Fsp3) is 0.571. The van der Waals surface area contributed by atoms with E-state index in [1.165, 1.54) is 11.3 Å². The van der Waals surface area contributed by atoms with Crippen molar-refractivity contribution in [3.63, 3.8) is 0 Å². The van der Waals surface area contributed by atoms with Crippen LogP contribution in [0.5, 0.6) is 0 Å². The summed E-state index contributed by atoms with van der Waals surface area (Å²) in [6.45, 7) is 7.55. The van der Waals surface area contributed by atoms with Gasteiger partial charge in [-0.2, -0.15) is 0 Å². The number of benzene rings is 1. The first-order chi connectivity index (χ1) is 17.7. The number of likely N-dealkylation sites (N-methyl/N-ethyl adjacent to an activating group) is 1. The van der Waals surface area contributed by atoms with Gasteiger partial charge in [0.05, 0.1) is 21.1 Å². The number of amides is 1. The molecule has 202 valence electrons. The van der Waals surface area contributed by atoms with Gasteiger partial charge in [-0.1, -0.05) is 25.1 Å². The summed E-state index contributed by atoms with van der Waals surface area (Å²) in [6.07, 6.45) is 3.45. The number of carbonyl (C=O) groups excluding carboxylic acids is 3. The maximum Gasteiger partial charge on any atom is 0.224 e. The molecule has 0 unspecified atom stereocenters. The molecule has 1 aliphatic rings. The quantitative estimate of drug-likeness (QED) is 0.340. The summed E-state index contributed by atoms with van der Waals surface area (Å²) >= 11 is 7.63. The second-order valence-corrected chi connectivity index (χ2v) is 11.6. The van der Waals surface area contributed by atoms with Crippen LogP contribution in [0.15, 0.2) is 30.4 Å². The summed E-state index contributed by atoms with van der Waals surface area (Å²) in [7, 11) is 3.81.